The molecule has 0 aromatic heterocycles. The van der Waals surface area contributed by atoms with Crippen LogP contribution in [0.1, 0.15) is 24.8 Å². The maximum atomic E-state index is 9.10. The van der Waals surface area contributed by atoms with Gasteiger partial charge in [0.2, 0.25) is 0 Å². The van der Waals surface area contributed by atoms with Crippen molar-refractivity contribution >= 4 is 0 Å². The van der Waals surface area contributed by atoms with E-state index < -0.39 is 0 Å². The van der Waals surface area contributed by atoms with Gasteiger partial charge in [-0.05, 0) is 24.4 Å². The van der Waals surface area contributed by atoms with E-state index in [1.807, 2.05) is 6.07 Å². The van der Waals surface area contributed by atoms with Crippen LogP contribution < -0.4 is 5.32 Å². The standard InChI is InChI=1S/C14H23NO2/c1-12(13-6-4-3-5-7-13)8-9-15-14(10-16)11-17-2/h3-7,12,14-16H,8-11H2,1-2H3. The van der Waals surface area contributed by atoms with Gasteiger partial charge < -0.3 is 15.2 Å². The largest absolute Gasteiger partial charge is 0.395 e. The molecule has 1 aromatic carbocycles. The molecule has 3 nitrogen and oxygen atoms in total. The van der Waals surface area contributed by atoms with Crippen LogP contribution in [0.5, 0.6) is 0 Å². The summed E-state index contributed by atoms with van der Waals surface area (Å²) in [6, 6.07) is 10.5. The normalized spacial score (nSPS) is 14.5. The molecule has 2 atom stereocenters. The van der Waals surface area contributed by atoms with Crippen LogP contribution in [0.15, 0.2) is 30.3 Å². The summed E-state index contributed by atoms with van der Waals surface area (Å²) in [5.74, 6) is 0.533. The van der Waals surface area contributed by atoms with Crippen molar-refractivity contribution in [1.29, 1.82) is 0 Å². The molecule has 0 aliphatic carbocycles. The highest BCUT2D eigenvalue weighted by Crippen LogP contribution is 2.17. The Morgan fingerprint density at radius 3 is 2.59 bits per heavy atom. The number of ether oxygens (including phenoxy) is 1. The molecule has 0 amide bonds. The summed E-state index contributed by atoms with van der Waals surface area (Å²) in [4.78, 5) is 0. The highest BCUT2D eigenvalue weighted by atomic mass is 16.5. The van der Waals surface area contributed by atoms with Gasteiger partial charge in [-0.15, -0.1) is 0 Å². The topological polar surface area (TPSA) is 41.5 Å². The van der Waals surface area contributed by atoms with Gasteiger partial charge in [-0.1, -0.05) is 37.3 Å². The van der Waals surface area contributed by atoms with Crippen LogP contribution in [0.25, 0.3) is 0 Å². The van der Waals surface area contributed by atoms with Crippen molar-refractivity contribution in [1.82, 2.24) is 5.32 Å². The van der Waals surface area contributed by atoms with Gasteiger partial charge in [-0.2, -0.15) is 0 Å². The lowest BCUT2D eigenvalue weighted by Gasteiger charge is -2.17. The zero-order valence-electron chi connectivity index (χ0n) is 10.7. The van der Waals surface area contributed by atoms with Crippen molar-refractivity contribution < 1.29 is 9.84 Å². The molecule has 0 radical (unpaired) electrons. The quantitative estimate of drug-likeness (QED) is 0.724. The van der Waals surface area contributed by atoms with Gasteiger partial charge >= 0.3 is 0 Å². The minimum absolute atomic E-state index is 0.0444. The van der Waals surface area contributed by atoms with Crippen LogP contribution >= 0.6 is 0 Å². The van der Waals surface area contributed by atoms with Crippen molar-refractivity contribution in [3.8, 4) is 0 Å². The number of benzene rings is 1. The summed E-state index contributed by atoms with van der Waals surface area (Å²) in [6.07, 6.45) is 1.06. The van der Waals surface area contributed by atoms with Gasteiger partial charge in [0.05, 0.1) is 19.3 Å². The smallest absolute Gasteiger partial charge is 0.0638 e. The summed E-state index contributed by atoms with van der Waals surface area (Å²) >= 11 is 0. The zero-order chi connectivity index (χ0) is 12.5. The molecule has 2 N–H and O–H groups in total. The first-order chi connectivity index (χ1) is 8.27. The second-order valence-corrected chi connectivity index (χ2v) is 4.39. The van der Waals surface area contributed by atoms with Gasteiger partial charge in [0.25, 0.3) is 0 Å². The lowest BCUT2D eigenvalue weighted by Crippen LogP contribution is -2.37. The van der Waals surface area contributed by atoms with E-state index in [9.17, 15) is 0 Å². The molecule has 96 valence electrons. The molecule has 0 spiro atoms. The Kier molecular flexibility index (Phi) is 6.86. The molecule has 3 heteroatoms. The van der Waals surface area contributed by atoms with Gasteiger partial charge in [0.1, 0.15) is 0 Å². The highest BCUT2D eigenvalue weighted by molar-refractivity contribution is 5.18. The summed E-state index contributed by atoms with van der Waals surface area (Å²) in [6.45, 7) is 3.79. The van der Waals surface area contributed by atoms with Crippen LogP contribution in [0, 0.1) is 0 Å². The molecule has 2 unspecified atom stereocenters. The number of nitrogens with one attached hydrogen (secondary N) is 1. The average Bonchev–Trinajstić information content (AvgIpc) is 2.38. The fraction of sp³-hybridized carbons (Fsp3) is 0.571. The zero-order valence-corrected chi connectivity index (χ0v) is 10.7. The summed E-state index contributed by atoms with van der Waals surface area (Å²) < 4.78 is 5.01. The minimum Gasteiger partial charge on any atom is -0.395 e. The predicted molar refractivity (Wildman–Crippen MR) is 70.2 cm³/mol. The summed E-state index contributed by atoms with van der Waals surface area (Å²) in [5, 5.41) is 12.4. The van der Waals surface area contributed by atoms with Gasteiger partial charge in [-0.3, -0.25) is 0 Å². The van der Waals surface area contributed by atoms with Crippen molar-refractivity contribution in [2.75, 3.05) is 26.9 Å². The molecule has 0 fully saturated rings. The molecule has 0 bridgehead atoms. The van der Waals surface area contributed by atoms with E-state index in [1.165, 1.54) is 5.56 Å². The molecule has 0 saturated heterocycles. The van der Waals surface area contributed by atoms with Gasteiger partial charge in [0, 0.05) is 7.11 Å². The van der Waals surface area contributed by atoms with E-state index in [2.05, 4.69) is 36.5 Å². The third kappa shape index (κ3) is 5.31. The maximum absolute atomic E-state index is 9.10. The number of rotatable bonds is 8. The van der Waals surface area contributed by atoms with Crippen molar-refractivity contribution in [3.63, 3.8) is 0 Å². The Hall–Kier alpha value is -0.900. The second kappa shape index (κ2) is 8.23. The Labute approximate surface area is 104 Å². The number of hydrogen-bond acceptors (Lipinski definition) is 3. The molecule has 1 aromatic rings. The van der Waals surface area contributed by atoms with Crippen LogP contribution in [0.4, 0.5) is 0 Å². The average molecular weight is 237 g/mol. The van der Waals surface area contributed by atoms with Crippen molar-refractivity contribution in [2.45, 2.75) is 25.3 Å². The number of aliphatic hydroxyl groups is 1. The fourth-order valence-electron chi connectivity index (χ4n) is 1.83. The molecule has 0 saturated carbocycles. The molecule has 0 aliphatic heterocycles. The molecular weight excluding hydrogens is 214 g/mol. The van der Waals surface area contributed by atoms with E-state index in [4.69, 9.17) is 9.84 Å². The molecule has 17 heavy (non-hydrogen) atoms. The number of aliphatic hydroxyl groups excluding tert-OH is 1. The van der Waals surface area contributed by atoms with Crippen LogP contribution in [-0.4, -0.2) is 38.0 Å². The summed E-state index contributed by atoms with van der Waals surface area (Å²) in [5.41, 5.74) is 1.36. The lowest BCUT2D eigenvalue weighted by molar-refractivity contribution is 0.128. The Morgan fingerprint density at radius 2 is 2.00 bits per heavy atom. The molecule has 1 rings (SSSR count). The fourth-order valence-corrected chi connectivity index (χ4v) is 1.83. The van der Waals surface area contributed by atoms with E-state index in [0.29, 0.717) is 12.5 Å². The van der Waals surface area contributed by atoms with E-state index >= 15 is 0 Å². The first kappa shape index (κ1) is 14.2. The Balaban J connectivity index is 2.26. The Bertz CT molecular complexity index is 290. The van der Waals surface area contributed by atoms with E-state index in [1.54, 1.807) is 7.11 Å². The first-order valence-electron chi connectivity index (χ1n) is 6.16. The van der Waals surface area contributed by atoms with Gasteiger partial charge in [-0.25, -0.2) is 0 Å². The molecule has 0 aliphatic rings. The lowest BCUT2D eigenvalue weighted by atomic mass is 9.98. The number of hydrogen-bond donors (Lipinski definition) is 2. The van der Waals surface area contributed by atoms with E-state index in [-0.39, 0.29) is 12.6 Å². The van der Waals surface area contributed by atoms with Crippen molar-refractivity contribution in [2.24, 2.45) is 0 Å². The van der Waals surface area contributed by atoms with Crippen molar-refractivity contribution in [3.05, 3.63) is 35.9 Å². The van der Waals surface area contributed by atoms with Crippen LogP contribution in [0.2, 0.25) is 0 Å². The first-order valence-corrected chi connectivity index (χ1v) is 6.16. The molecule has 0 heterocycles. The third-order valence-corrected chi connectivity index (χ3v) is 2.97. The number of methoxy groups -OCH3 is 1. The molecular formula is C14H23NO2. The second-order valence-electron chi connectivity index (χ2n) is 4.39. The van der Waals surface area contributed by atoms with Gasteiger partial charge in [0.15, 0.2) is 0 Å². The van der Waals surface area contributed by atoms with Crippen LogP contribution in [0.3, 0.4) is 0 Å². The van der Waals surface area contributed by atoms with E-state index in [0.717, 1.165) is 13.0 Å². The highest BCUT2D eigenvalue weighted by Gasteiger charge is 2.08. The predicted octanol–water partition coefficient (Wildman–Crippen LogP) is 1.78. The Morgan fingerprint density at radius 1 is 1.29 bits per heavy atom. The minimum atomic E-state index is 0.0444. The SMILES string of the molecule is COCC(CO)NCCC(C)c1ccccc1. The third-order valence-electron chi connectivity index (χ3n) is 2.97. The van der Waals surface area contributed by atoms with Crippen LogP contribution in [-0.2, 0) is 4.74 Å². The maximum Gasteiger partial charge on any atom is 0.0638 e. The monoisotopic (exact) mass is 237 g/mol. The summed E-state index contributed by atoms with van der Waals surface area (Å²) in [7, 11) is 1.65.